The third-order valence-electron chi connectivity index (χ3n) is 1.33. The molecule has 0 aliphatic carbocycles. The van der Waals surface area contributed by atoms with Gasteiger partial charge in [-0.2, -0.15) is 0 Å². The van der Waals surface area contributed by atoms with Crippen LogP contribution in [-0.4, -0.2) is 40.1 Å². The number of rotatable bonds is 4. The topological polar surface area (TPSA) is 101 Å². The van der Waals surface area contributed by atoms with Crippen LogP contribution in [0.3, 0.4) is 0 Å². The van der Waals surface area contributed by atoms with Crippen LogP contribution >= 0.6 is 8.03 Å². The van der Waals surface area contributed by atoms with Gasteiger partial charge < -0.3 is 15.1 Å². The fourth-order valence-electron chi connectivity index (χ4n) is 0.539. The zero-order chi connectivity index (χ0) is 9.72. The van der Waals surface area contributed by atoms with Gasteiger partial charge >= 0.3 is 8.03 Å². The molecule has 0 heterocycles. The van der Waals surface area contributed by atoms with E-state index in [-0.39, 0.29) is 0 Å². The highest BCUT2D eigenvalue weighted by Crippen LogP contribution is 2.18. The Bertz CT molecular complexity index is 181. The molecule has 0 aliphatic rings. The van der Waals surface area contributed by atoms with Crippen molar-refractivity contribution in [3.05, 3.63) is 0 Å². The molecular formula is C5H10NO5P. The van der Waals surface area contributed by atoms with Crippen LogP contribution in [0.15, 0.2) is 0 Å². The van der Waals surface area contributed by atoms with E-state index >= 15 is 0 Å². The van der Waals surface area contributed by atoms with E-state index < -0.39 is 33.1 Å². The smallest absolute Gasteiger partial charge is 0.321 e. The Morgan fingerprint density at radius 1 is 1.58 bits per heavy atom. The molecule has 0 fully saturated rings. The Morgan fingerprint density at radius 2 is 2.00 bits per heavy atom. The normalized spacial score (nSPS) is 13.8. The van der Waals surface area contributed by atoms with Crippen LogP contribution in [0.5, 0.6) is 0 Å². The summed E-state index contributed by atoms with van der Waals surface area (Å²) < 4.78 is 10.3. The molecule has 0 aliphatic heterocycles. The average molecular weight is 195 g/mol. The number of amides is 1. The molecule has 0 radical (unpaired) electrons. The number of hydrogen-bond acceptors (Lipinski definition) is 5. The molecule has 0 rings (SSSR count). The van der Waals surface area contributed by atoms with Gasteiger partial charge in [0.25, 0.3) is 5.91 Å². The third kappa shape index (κ3) is 2.83. The average Bonchev–Trinajstić information content (AvgIpc) is 2.05. The first kappa shape index (κ1) is 11.4. The van der Waals surface area contributed by atoms with Gasteiger partial charge in [0.05, 0.1) is 0 Å². The number of aliphatic hydroxyl groups is 2. The van der Waals surface area contributed by atoms with E-state index in [1.807, 2.05) is 0 Å². The van der Waals surface area contributed by atoms with Crippen molar-refractivity contribution in [2.24, 2.45) is 0 Å². The van der Waals surface area contributed by atoms with Crippen molar-refractivity contribution in [1.82, 2.24) is 4.90 Å². The fraction of sp³-hybridized carbons (Fsp3) is 0.800. The lowest BCUT2D eigenvalue weighted by atomic mass is 10.4. The van der Waals surface area contributed by atoms with Gasteiger partial charge in [0.1, 0.15) is 13.5 Å². The molecule has 2 unspecified atom stereocenters. The molecular weight excluding hydrogens is 185 g/mol. The molecule has 0 aromatic rings. The highest BCUT2D eigenvalue weighted by atomic mass is 31.1. The first-order chi connectivity index (χ1) is 5.54. The highest BCUT2D eigenvalue weighted by Gasteiger charge is 2.28. The minimum Gasteiger partial charge on any atom is -0.595 e. The summed E-state index contributed by atoms with van der Waals surface area (Å²) in [4.78, 5) is 21.9. The van der Waals surface area contributed by atoms with Crippen LogP contribution < -0.4 is 4.89 Å². The highest BCUT2D eigenvalue weighted by molar-refractivity contribution is 7.38. The van der Waals surface area contributed by atoms with Crippen molar-refractivity contribution in [3.8, 4) is 0 Å². The number of carbonyl (C=O) groups excluding carboxylic acids is 1. The molecule has 0 saturated heterocycles. The lowest BCUT2D eigenvalue weighted by Crippen LogP contribution is -2.38. The first-order valence-electron chi connectivity index (χ1n) is 3.18. The number of nitrogens with zero attached hydrogens (tertiary/aromatic N) is 1. The van der Waals surface area contributed by atoms with E-state index in [2.05, 4.69) is 0 Å². The van der Waals surface area contributed by atoms with Gasteiger partial charge in [-0.1, -0.05) is 4.57 Å². The largest absolute Gasteiger partial charge is 0.595 e. The monoisotopic (exact) mass is 195 g/mol. The SMILES string of the molecule is CC(C(=O)N(CO)CO)[P+](=O)[O-]. The number of carbonyl (C=O) groups is 1. The summed E-state index contributed by atoms with van der Waals surface area (Å²) in [6, 6.07) is 0. The second-order valence-corrected chi connectivity index (χ2v) is 3.47. The van der Waals surface area contributed by atoms with E-state index in [9.17, 15) is 14.3 Å². The summed E-state index contributed by atoms with van der Waals surface area (Å²) in [7, 11) is -2.86. The zero-order valence-corrected chi connectivity index (χ0v) is 7.40. The van der Waals surface area contributed by atoms with Crippen molar-refractivity contribution in [1.29, 1.82) is 0 Å². The Morgan fingerprint density at radius 3 is 2.25 bits per heavy atom. The Hall–Kier alpha value is -0.550. The van der Waals surface area contributed by atoms with Gasteiger partial charge in [0, 0.05) is 0 Å². The summed E-state index contributed by atoms with van der Waals surface area (Å²) in [6.45, 7) is -0.196. The van der Waals surface area contributed by atoms with Gasteiger partial charge in [0.15, 0.2) is 0 Å². The van der Waals surface area contributed by atoms with Crippen molar-refractivity contribution in [2.75, 3.05) is 13.5 Å². The Balaban J connectivity index is 4.25. The maximum absolute atomic E-state index is 11.0. The molecule has 1 amide bonds. The van der Waals surface area contributed by atoms with Crippen molar-refractivity contribution in [3.63, 3.8) is 0 Å². The summed E-state index contributed by atoms with van der Waals surface area (Å²) in [5, 5.41) is 17.0. The fourth-order valence-corrected chi connectivity index (χ4v) is 0.882. The lowest BCUT2D eigenvalue weighted by Gasteiger charge is -2.16. The predicted octanol–water partition coefficient (Wildman–Crippen LogP) is -1.79. The standard InChI is InChI=1S/C5H10NO5P/c1-4(12(10)11)5(9)6(2-7)3-8/h4,7-8H,2-3H2,1H3. The van der Waals surface area contributed by atoms with Crippen LogP contribution in [0, 0.1) is 0 Å². The van der Waals surface area contributed by atoms with Gasteiger partial charge in [-0.15, -0.1) is 0 Å². The van der Waals surface area contributed by atoms with Crippen molar-refractivity contribution in [2.45, 2.75) is 12.6 Å². The molecule has 2 atom stereocenters. The maximum Gasteiger partial charge on any atom is 0.321 e. The van der Waals surface area contributed by atoms with E-state index in [0.29, 0.717) is 4.90 Å². The van der Waals surface area contributed by atoms with Gasteiger partial charge in [0.2, 0.25) is 5.66 Å². The third-order valence-corrected chi connectivity index (χ3v) is 2.18. The summed E-state index contributed by atoms with van der Waals surface area (Å²) >= 11 is 0. The van der Waals surface area contributed by atoms with Gasteiger partial charge in [-0.25, -0.2) is 0 Å². The second-order valence-electron chi connectivity index (χ2n) is 2.12. The van der Waals surface area contributed by atoms with E-state index in [1.165, 1.54) is 6.92 Å². The minimum absolute atomic E-state index is 0.621. The Labute approximate surface area is 70.3 Å². The molecule has 0 spiro atoms. The molecule has 7 heteroatoms. The predicted molar refractivity (Wildman–Crippen MR) is 38.1 cm³/mol. The summed E-state index contributed by atoms with van der Waals surface area (Å²) in [6.07, 6.45) is 0. The molecule has 0 bridgehead atoms. The van der Waals surface area contributed by atoms with Crippen LogP contribution in [0.2, 0.25) is 0 Å². The number of hydrogen-bond donors (Lipinski definition) is 2. The quantitative estimate of drug-likeness (QED) is 0.407. The molecule has 0 aromatic carbocycles. The van der Waals surface area contributed by atoms with Crippen LogP contribution in [0.25, 0.3) is 0 Å². The molecule has 0 saturated carbocycles. The second kappa shape index (κ2) is 5.16. The molecule has 70 valence electrons. The van der Waals surface area contributed by atoms with E-state index in [1.54, 1.807) is 0 Å². The van der Waals surface area contributed by atoms with Crippen LogP contribution in [-0.2, 0) is 9.36 Å². The Kier molecular flexibility index (Phi) is 4.92. The van der Waals surface area contributed by atoms with Crippen molar-refractivity contribution < 1.29 is 24.5 Å². The van der Waals surface area contributed by atoms with Crippen LogP contribution in [0.1, 0.15) is 6.92 Å². The summed E-state index contributed by atoms with van der Waals surface area (Å²) in [5.74, 6) is -0.809. The first-order valence-corrected chi connectivity index (χ1v) is 4.43. The number of aliphatic hydroxyl groups excluding tert-OH is 2. The molecule has 12 heavy (non-hydrogen) atoms. The molecule has 2 N–H and O–H groups in total. The minimum atomic E-state index is -2.86. The lowest BCUT2D eigenvalue weighted by molar-refractivity contribution is -0.168. The van der Waals surface area contributed by atoms with E-state index in [0.717, 1.165) is 0 Å². The summed E-state index contributed by atoms with van der Waals surface area (Å²) in [5.41, 5.74) is -1.21. The molecule has 0 aromatic heterocycles. The molecule has 6 nitrogen and oxygen atoms in total. The van der Waals surface area contributed by atoms with Crippen molar-refractivity contribution >= 4 is 13.9 Å². The van der Waals surface area contributed by atoms with Gasteiger partial charge in [-0.05, 0) is 6.92 Å². The van der Waals surface area contributed by atoms with E-state index in [4.69, 9.17) is 10.2 Å². The van der Waals surface area contributed by atoms with Crippen LogP contribution in [0.4, 0.5) is 0 Å². The zero-order valence-electron chi connectivity index (χ0n) is 6.51. The van der Waals surface area contributed by atoms with Gasteiger partial charge in [-0.3, -0.25) is 9.69 Å². The maximum atomic E-state index is 11.0.